The highest BCUT2D eigenvalue weighted by molar-refractivity contribution is 5.74. The van der Waals surface area contributed by atoms with Crippen LogP contribution in [0.5, 0.6) is 0 Å². The Morgan fingerprint density at radius 1 is 0.429 bits per heavy atom. The third-order valence-electron chi connectivity index (χ3n) is 4.85. The van der Waals surface area contributed by atoms with Crippen molar-refractivity contribution in [2.75, 3.05) is 0 Å². The summed E-state index contributed by atoms with van der Waals surface area (Å²) in [5.41, 5.74) is 6.07. The molecule has 0 aliphatic carbocycles. The monoisotopic (exact) mass is 568 g/mol. The van der Waals surface area contributed by atoms with Gasteiger partial charge in [-0.2, -0.15) is 15.4 Å². The number of H-pyrrole nitrogens is 3. The summed E-state index contributed by atoms with van der Waals surface area (Å²) < 4.78 is 0. The second kappa shape index (κ2) is 20.8. The molecule has 0 amide bonds. The number of nitrogens with one attached hydrogen (secondary N) is 3. The number of benzene rings is 3. The fraction of sp³-hybridized carbons (Fsp3) is 0.281. The van der Waals surface area contributed by atoms with E-state index in [0.29, 0.717) is 0 Å². The lowest BCUT2D eigenvalue weighted by molar-refractivity contribution is 0.875. The topological polar surface area (TPSA) is 138 Å². The van der Waals surface area contributed by atoms with Crippen LogP contribution in [0.2, 0.25) is 0 Å². The molecule has 3 N–H and O–H groups in total. The number of imidazole rings is 2. The number of aromatic amines is 3. The van der Waals surface area contributed by atoms with Crippen molar-refractivity contribution in [1.29, 1.82) is 0 Å². The van der Waals surface area contributed by atoms with Gasteiger partial charge in [0, 0.05) is 0 Å². The Morgan fingerprint density at radius 2 is 0.738 bits per heavy atom. The van der Waals surface area contributed by atoms with E-state index in [4.69, 9.17) is 0 Å². The van der Waals surface area contributed by atoms with E-state index in [1.807, 2.05) is 135 Å². The molecule has 0 unspecified atom stereocenters. The lowest BCUT2D eigenvalue weighted by atomic mass is 10.3. The quantitative estimate of drug-likeness (QED) is 0.169. The van der Waals surface area contributed by atoms with E-state index in [1.54, 1.807) is 12.7 Å². The number of hydrogen-bond donors (Lipinski definition) is 3. The molecule has 10 nitrogen and oxygen atoms in total. The Balaban J connectivity index is 0.000000264. The summed E-state index contributed by atoms with van der Waals surface area (Å²) in [4.78, 5) is 26.2. The van der Waals surface area contributed by atoms with Crippen molar-refractivity contribution in [2.45, 2.75) is 62.3 Å². The predicted molar refractivity (Wildman–Crippen MR) is 174 cm³/mol. The number of aromatic nitrogens is 10. The molecular weight excluding hydrogens is 524 g/mol. The lowest BCUT2D eigenvalue weighted by Gasteiger charge is -1.94. The maximum absolute atomic E-state index is 4.06. The first kappa shape index (κ1) is 35.0. The van der Waals surface area contributed by atoms with Gasteiger partial charge in [-0.3, -0.25) is 0 Å². The first-order valence-corrected chi connectivity index (χ1v) is 14.3. The van der Waals surface area contributed by atoms with Crippen LogP contribution in [0.1, 0.15) is 59.0 Å². The zero-order valence-corrected chi connectivity index (χ0v) is 26.2. The number of para-hydroxylation sites is 6. The van der Waals surface area contributed by atoms with Crippen LogP contribution in [0, 0.1) is 20.8 Å². The molecule has 3 aromatic carbocycles. The molecule has 0 spiro atoms. The lowest BCUT2D eigenvalue weighted by Crippen LogP contribution is -1.97. The maximum Gasteiger partial charge on any atom is 0.129 e. The molecule has 0 aliphatic rings. The van der Waals surface area contributed by atoms with Crippen LogP contribution < -0.4 is 0 Å². The van der Waals surface area contributed by atoms with Crippen molar-refractivity contribution in [2.24, 2.45) is 0 Å². The fourth-order valence-electron chi connectivity index (χ4n) is 3.32. The summed E-state index contributed by atoms with van der Waals surface area (Å²) in [6.07, 6.45) is 3.40. The summed E-state index contributed by atoms with van der Waals surface area (Å²) in [6.45, 7) is 17.6. The zero-order chi connectivity index (χ0) is 31.2. The van der Waals surface area contributed by atoms with Gasteiger partial charge in [-0.15, -0.1) is 0 Å². The van der Waals surface area contributed by atoms with E-state index < -0.39 is 0 Å². The van der Waals surface area contributed by atoms with Crippen molar-refractivity contribution in [3.8, 4) is 0 Å². The molecule has 4 aromatic heterocycles. The standard InChI is InChI=1S/2C7H6N2.C6H5N3.C6H9N3.3C2H6/c2*1-2-4-7-6(3-1)8-5-9-7;1-2-4-6-5(3-1)7-9-8-6;1-4-7-5(2)9-6(3)8-4;3*1-2/h2*1-5H,(H,8,9);1-4H,(H,7,8,9);1-3H3;3*1-2H3. The molecule has 222 valence electrons. The van der Waals surface area contributed by atoms with E-state index in [0.717, 1.165) is 50.6 Å². The second-order valence-corrected chi connectivity index (χ2v) is 7.63. The van der Waals surface area contributed by atoms with Crippen LogP contribution in [0.4, 0.5) is 0 Å². The number of nitrogens with zero attached hydrogens (tertiary/aromatic N) is 7. The van der Waals surface area contributed by atoms with Crippen LogP contribution in [0.15, 0.2) is 85.5 Å². The van der Waals surface area contributed by atoms with Gasteiger partial charge in [-0.1, -0.05) is 77.9 Å². The van der Waals surface area contributed by atoms with E-state index >= 15 is 0 Å². The second-order valence-electron chi connectivity index (χ2n) is 7.63. The number of hydrogen-bond acceptors (Lipinski definition) is 7. The van der Waals surface area contributed by atoms with E-state index in [9.17, 15) is 0 Å². The van der Waals surface area contributed by atoms with Gasteiger partial charge < -0.3 is 9.97 Å². The van der Waals surface area contributed by atoms with Crippen LogP contribution in [0.3, 0.4) is 0 Å². The van der Waals surface area contributed by atoms with Gasteiger partial charge in [0.05, 0.1) is 34.7 Å². The maximum atomic E-state index is 4.06. The average molecular weight is 569 g/mol. The van der Waals surface area contributed by atoms with Crippen molar-refractivity contribution in [3.63, 3.8) is 0 Å². The van der Waals surface area contributed by atoms with Crippen LogP contribution >= 0.6 is 0 Å². The van der Waals surface area contributed by atoms with Crippen LogP contribution in [-0.4, -0.2) is 50.3 Å². The third-order valence-corrected chi connectivity index (χ3v) is 4.85. The molecule has 0 atom stereocenters. The molecule has 7 rings (SSSR count). The molecule has 4 heterocycles. The van der Waals surface area contributed by atoms with Gasteiger partial charge >= 0.3 is 0 Å². The first-order chi connectivity index (χ1) is 20.6. The minimum Gasteiger partial charge on any atom is -0.345 e. The number of fused-ring (bicyclic) bond motifs is 3. The normalized spacial score (nSPS) is 9.07. The summed E-state index contributed by atoms with van der Waals surface area (Å²) >= 11 is 0. The summed E-state index contributed by atoms with van der Waals surface area (Å²) in [5.74, 6) is 2.38. The molecule has 0 aliphatic heterocycles. The Morgan fingerprint density at radius 3 is 1.07 bits per heavy atom. The van der Waals surface area contributed by atoms with E-state index in [2.05, 4.69) is 50.3 Å². The molecular formula is C32H44N10. The Bertz CT molecular complexity index is 1350. The Kier molecular flexibility index (Phi) is 17.4. The third kappa shape index (κ3) is 12.0. The molecule has 0 radical (unpaired) electrons. The molecule has 7 aromatic rings. The molecule has 0 fully saturated rings. The van der Waals surface area contributed by atoms with Crippen LogP contribution in [-0.2, 0) is 0 Å². The predicted octanol–water partition coefficient (Wildman–Crippen LogP) is 7.96. The molecule has 0 bridgehead atoms. The van der Waals surface area contributed by atoms with Gasteiger partial charge in [0.1, 0.15) is 28.5 Å². The summed E-state index contributed by atoms with van der Waals surface area (Å²) in [7, 11) is 0. The molecule has 0 saturated carbocycles. The van der Waals surface area contributed by atoms with Gasteiger partial charge in [0.25, 0.3) is 0 Å². The van der Waals surface area contributed by atoms with Gasteiger partial charge in [-0.25, -0.2) is 24.9 Å². The van der Waals surface area contributed by atoms with Crippen molar-refractivity contribution < 1.29 is 0 Å². The minimum atomic E-state index is 0.792. The highest BCUT2D eigenvalue weighted by Crippen LogP contribution is 2.06. The highest BCUT2D eigenvalue weighted by Gasteiger charge is 1.92. The van der Waals surface area contributed by atoms with Gasteiger partial charge in [-0.05, 0) is 57.2 Å². The van der Waals surface area contributed by atoms with Gasteiger partial charge in [0.2, 0.25) is 0 Å². The van der Waals surface area contributed by atoms with Gasteiger partial charge in [0.15, 0.2) is 0 Å². The van der Waals surface area contributed by atoms with E-state index in [1.165, 1.54) is 0 Å². The molecule has 42 heavy (non-hydrogen) atoms. The molecule has 0 saturated heterocycles. The SMILES string of the molecule is CC.CC.CC.Cc1nc(C)nc(C)n1.c1ccc2[nH]cnc2c1.c1ccc2[nH]cnc2c1.c1ccc2n[nH]nc2c1. The Hall–Kier alpha value is -4.99. The number of rotatable bonds is 0. The minimum absolute atomic E-state index is 0.792. The summed E-state index contributed by atoms with van der Waals surface area (Å²) in [5, 5.41) is 10.3. The average Bonchev–Trinajstić information content (AvgIpc) is 3.81. The highest BCUT2D eigenvalue weighted by atomic mass is 15.3. The van der Waals surface area contributed by atoms with Crippen molar-refractivity contribution >= 4 is 33.1 Å². The summed E-state index contributed by atoms with van der Waals surface area (Å²) in [6, 6.07) is 23.6. The van der Waals surface area contributed by atoms with Crippen molar-refractivity contribution in [1.82, 2.24) is 50.3 Å². The molecule has 10 heteroatoms. The van der Waals surface area contributed by atoms with E-state index in [-0.39, 0.29) is 0 Å². The Labute approximate surface area is 248 Å². The largest absolute Gasteiger partial charge is 0.345 e. The zero-order valence-electron chi connectivity index (χ0n) is 26.2. The fourth-order valence-corrected chi connectivity index (χ4v) is 3.32. The van der Waals surface area contributed by atoms with Crippen LogP contribution in [0.25, 0.3) is 33.1 Å². The smallest absolute Gasteiger partial charge is 0.129 e. The first-order valence-electron chi connectivity index (χ1n) is 14.3. The van der Waals surface area contributed by atoms with Crippen molar-refractivity contribution in [3.05, 3.63) is 103 Å². The number of aryl methyl sites for hydroxylation is 3.